The molecule has 0 aliphatic heterocycles. The van der Waals surface area contributed by atoms with E-state index in [4.69, 9.17) is 17.0 Å². The quantitative estimate of drug-likeness (QED) is 0.139. The smallest absolute Gasteiger partial charge is 0.272 e. The Hall–Kier alpha value is -3.78. The summed E-state index contributed by atoms with van der Waals surface area (Å²) < 4.78 is 6.90. The Kier molecular flexibility index (Phi) is 7.32. The first-order chi connectivity index (χ1) is 16.0. The number of rotatable bonds is 6. The second kappa shape index (κ2) is 10.0. The van der Waals surface area contributed by atoms with E-state index in [0.717, 1.165) is 5.56 Å². The SMILES string of the molecule is COc1cccc(NC(=S)/C(=C(\[O-])c2ccc(C)c([N+](=O)[O-])c2)[n+]2ccc(C(C)(C)C)cc2)c1. The van der Waals surface area contributed by atoms with Gasteiger partial charge in [0.05, 0.1) is 12.0 Å². The molecular weight excluding hydrogens is 450 g/mol. The van der Waals surface area contributed by atoms with Crippen LogP contribution in [-0.2, 0) is 5.41 Å². The lowest BCUT2D eigenvalue weighted by Crippen LogP contribution is -2.40. The summed E-state index contributed by atoms with van der Waals surface area (Å²) in [6.45, 7) is 7.93. The summed E-state index contributed by atoms with van der Waals surface area (Å²) in [7, 11) is 1.56. The van der Waals surface area contributed by atoms with Gasteiger partial charge in [0, 0.05) is 35.5 Å². The van der Waals surface area contributed by atoms with Gasteiger partial charge in [-0.2, -0.15) is 4.57 Å². The molecule has 0 amide bonds. The Labute approximate surface area is 204 Å². The number of aryl methyl sites for hydroxylation is 1. The predicted octanol–water partition coefficient (Wildman–Crippen LogP) is 4.62. The third-order valence-electron chi connectivity index (χ3n) is 5.38. The number of methoxy groups -OCH3 is 1. The van der Waals surface area contributed by atoms with E-state index in [1.54, 1.807) is 67.4 Å². The topological polar surface area (TPSA) is 91.3 Å². The van der Waals surface area contributed by atoms with Crippen molar-refractivity contribution in [1.29, 1.82) is 0 Å². The van der Waals surface area contributed by atoms with Crippen LogP contribution in [0.5, 0.6) is 5.75 Å². The molecule has 1 N–H and O–H groups in total. The fourth-order valence-corrected chi connectivity index (χ4v) is 3.70. The molecule has 0 bridgehead atoms. The number of hydrogen-bond acceptors (Lipinski definition) is 5. The molecule has 0 aliphatic rings. The Morgan fingerprint density at radius 2 is 1.76 bits per heavy atom. The number of hydrogen-bond donors (Lipinski definition) is 1. The third-order valence-corrected chi connectivity index (χ3v) is 5.67. The van der Waals surface area contributed by atoms with Crippen molar-refractivity contribution in [3.05, 3.63) is 93.8 Å². The highest BCUT2D eigenvalue weighted by Gasteiger charge is 2.22. The summed E-state index contributed by atoms with van der Waals surface area (Å²) in [5.41, 5.74) is 2.38. The first kappa shape index (κ1) is 24.9. The zero-order chi connectivity index (χ0) is 25.0. The molecule has 0 atom stereocenters. The average molecular weight is 478 g/mol. The number of pyridine rings is 1. The normalized spacial score (nSPS) is 12.0. The van der Waals surface area contributed by atoms with Crippen LogP contribution in [0.15, 0.2) is 67.0 Å². The lowest BCUT2D eigenvalue weighted by molar-refractivity contribution is -0.577. The van der Waals surface area contributed by atoms with Crippen molar-refractivity contribution in [2.24, 2.45) is 0 Å². The first-order valence-electron chi connectivity index (χ1n) is 10.7. The third kappa shape index (κ3) is 5.58. The summed E-state index contributed by atoms with van der Waals surface area (Å²) in [4.78, 5) is 11.1. The maximum Gasteiger partial charge on any atom is 0.272 e. The van der Waals surface area contributed by atoms with E-state index in [1.807, 2.05) is 12.1 Å². The van der Waals surface area contributed by atoms with Crippen molar-refractivity contribution in [3.63, 3.8) is 0 Å². The second-order valence-corrected chi connectivity index (χ2v) is 9.27. The number of ether oxygens (including phenoxy) is 1. The van der Waals surface area contributed by atoms with Gasteiger partial charge in [-0.25, -0.2) is 0 Å². The van der Waals surface area contributed by atoms with Crippen LogP contribution >= 0.6 is 12.2 Å². The molecule has 7 nitrogen and oxygen atoms in total. The molecule has 0 aliphatic carbocycles. The lowest BCUT2D eigenvalue weighted by Gasteiger charge is -2.20. The molecule has 0 unspecified atom stereocenters. The maximum absolute atomic E-state index is 13.6. The minimum Gasteiger partial charge on any atom is -0.867 e. The van der Waals surface area contributed by atoms with E-state index in [-0.39, 0.29) is 27.4 Å². The second-order valence-electron chi connectivity index (χ2n) is 8.87. The molecule has 0 radical (unpaired) electrons. The van der Waals surface area contributed by atoms with Crippen molar-refractivity contribution >= 4 is 40.0 Å². The van der Waals surface area contributed by atoms with Gasteiger partial charge in [-0.3, -0.25) is 10.1 Å². The number of nitro benzene ring substituents is 1. The number of nitrogens with zero attached hydrogens (tertiary/aromatic N) is 2. The van der Waals surface area contributed by atoms with E-state index in [0.29, 0.717) is 17.0 Å². The maximum atomic E-state index is 13.6. The van der Waals surface area contributed by atoms with Crippen LogP contribution in [-0.4, -0.2) is 17.0 Å². The highest BCUT2D eigenvalue weighted by molar-refractivity contribution is 7.81. The van der Waals surface area contributed by atoms with Crippen molar-refractivity contribution in [1.82, 2.24) is 0 Å². The Bertz CT molecular complexity index is 1260. The Morgan fingerprint density at radius 3 is 2.35 bits per heavy atom. The van der Waals surface area contributed by atoms with E-state index >= 15 is 0 Å². The van der Waals surface area contributed by atoms with Gasteiger partial charge in [-0.1, -0.05) is 51.2 Å². The van der Waals surface area contributed by atoms with Gasteiger partial charge in [0.1, 0.15) is 5.75 Å². The molecule has 0 spiro atoms. The summed E-state index contributed by atoms with van der Waals surface area (Å²) in [6.07, 6.45) is 3.55. The van der Waals surface area contributed by atoms with Crippen molar-refractivity contribution < 1.29 is 19.3 Å². The molecule has 34 heavy (non-hydrogen) atoms. The monoisotopic (exact) mass is 477 g/mol. The molecule has 0 fully saturated rings. The molecule has 3 rings (SSSR count). The number of benzene rings is 2. The number of anilines is 1. The highest BCUT2D eigenvalue weighted by Crippen LogP contribution is 2.26. The van der Waals surface area contributed by atoms with Gasteiger partial charge in [0.2, 0.25) is 5.70 Å². The van der Waals surface area contributed by atoms with Gasteiger partial charge >= 0.3 is 0 Å². The van der Waals surface area contributed by atoms with Crippen molar-refractivity contribution in [2.75, 3.05) is 12.4 Å². The van der Waals surface area contributed by atoms with Gasteiger partial charge < -0.3 is 15.2 Å². The largest absolute Gasteiger partial charge is 0.867 e. The van der Waals surface area contributed by atoms with E-state index in [9.17, 15) is 15.2 Å². The molecule has 2 aromatic carbocycles. The van der Waals surface area contributed by atoms with Gasteiger partial charge in [-0.05, 0) is 41.4 Å². The van der Waals surface area contributed by atoms with Crippen LogP contribution in [0.25, 0.3) is 11.5 Å². The molecule has 8 heteroatoms. The molecular formula is C26H27N3O4S. The summed E-state index contributed by atoms with van der Waals surface area (Å²) in [5, 5.41) is 28.2. The lowest BCUT2D eigenvalue weighted by atomic mass is 9.88. The van der Waals surface area contributed by atoms with E-state index in [2.05, 4.69) is 26.1 Å². The summed E-state index contributed by atoms with van der Waals surface area (Å²) in [5.74, 6) is 0.203. The van der Waals surface area contributed by atoms with Crippen molar-refractivity contribution in [3.8, 4) is 5.75 Å². The summed E-state index contributed by atoms with van der Waals surface area (Å²) in [6, 6.07) is 15.5. The van der Waals surface area contributed by atoms with Crippen LogP contribution in [0.1, 0.15) is 37.5 Å². The first-order valence-corrected chi connectivity index (χ1v) is 11.1. The van der Waals surface area contributed by atoms with E-state index in [1.165, 1.54) is 6.07 Å². The number of aromatic nitrogens is 1. The molecule has 1 aromatic heterocycles. The number of nitro groups is 1. The standard InChI is InChI=1S/C26H27N3O4S/c1-17-9-10-18(15-22(17)29(31)32)24(30)23(28-13-11-19(12-14-28)26(2,3)4)25(34)27-20-7-6-8-21(16-20)33-5/h6-16H,1-5H3,(H-,27,30,34). The van der Waals surface area contributed by atoms with Crippen LogP contribution in [0.2, 0.25) is 0 Å². The fraction of sp³-hybridized carbons (Fsp3) is 0.231. The van der Waals surface area contributed by atoms with Gasteiger partial charge in [0.15, 0.2) is 17.4 Å². The highest BCUT2D eigenvalue weighted by atomic mass is 32.1. The summed E-state index contributed by atoms with van der Waals surface area (Å²) >= 11 is 5.65. The fourth-order valence-electron chi connectivity index (χ4n) is 3.39. The molecule has 1 heterocycles. The van der Waals surface area contributed by atoms with Gasteiger partial charge in [0.25, 0.3) is 5.69 Å². The van der Waals surface area contributed by atoms with E-state index < -0.39 is 10.7 Å². The van der Waals surface area contributed by atoms with Crippen LogP contribution in [0, 0.1) is 17.0 Å². The Morgan fingerprint density at radius 1 is 1.09 bits per heavy atom. The van der Waals surface area contributed by atoms with Crippen molar-refractivity contribution in [2.45, 2.75) is 33.1 Å². The minimum atomic E-state index is -0.496. The average Bonchev–Trinajstić information content (AvgIpc) is 2.79. The minimum absolute atomic E-state index is 0.0693. The number of nitrogens with one attached hydrogen (secondary N) is 1. The van der Waals surface area contributed by atoms with Gasteiger partial charge in [-0.15, -0.1) is 0 Å². The van der Waals surface area contributed by atoms with Crippen LogP contribution in [0.4, 0.5) is 11.4 Å². The molecule has 0 saturated heterocycles. The Balaban J connectivity index is 2.14. The predicted molar refractivity (Wildman–Crippen MR) is 135 cm³/mol. The molecule has 176 valence electrons. The van der Waals surface area contributed by atoms with Crippen LogP contribution < -0.4 is 19.7 Å². The van der Waals surface area contributed by atoms with Crippen LogP contribution in [0.3, 0.4) is 0 Å². The number of thiocarbonyl (C=S) groups is 1. The molecule has 0 saturated carbocycles. The molecule has 3 aromatic rings. The zero-order valence-electron chi connectivity index (χ0n) is 19.8. The zero-order valence-corrected chi connectivity index (χ0v) is 20.6.